The maximum atomic E-state index is 13.8. The van der Waals surface area contributed by atoms with E-state index in [0.29, 0.717) is 83.5 Å². The Balaban J connectivity index is 1.11. The third-order valence-corrected chi connectivity index (χ3v) is 9.25. The van der Waals surface area contributed by atoms with Gasteiger partial charge in [0.2, 0.25) is 25.4 Å². The minimum Gasteiger partial charge on any atom is -0.497 e. The molecule has 0 unspecified atom stereocenters. The second-order valence-electron chi connectivity index (χ2n) is 11.1. The second-order valence-corrected chi connectivity index (χ2v) is 12.3. The van der Waals surface area contributed by atoms with Gasteiger partial charge in [-0.2, -0.15) is 0 Å². The topological polar surface area (TPSA) is 139 Å². The highest BCUT2D eigenvalue weighted by atomic mass is 32.2. The summed E-state index contributed by atoms with van der Waals surface area (Å²) < 4.78 is 28.6. The van der Waals surface area contributed by atoms with Crippen LogP contribution >= 0.6 is 11.8 Å². The molecule has 2 aliphatic rings. The molecule has 2 N–H and O–H groups in total. The van der Waals surface area contributed by atoms with Crippen LogP contribution in [-0.4, -0.2) is 47.3 Å². The van der Waals surface area contributed by atoms with Crippen LogP contribution in [0.1, 0.15) is 44.6 Å². The molecule has 0 fully saturated rings. The van der Waals surface area contributed by atoms with E-state index < -0.39 is 5.25 Å². The van der Waals surface area contributed by atoms with E-state index in [1.54, 1.807) is 42.0 Å². The number of hydrogen-bond acceptors (Lipinski definition) is 10. The molecule has 13 heteroatoms. The van der Waals surface area contributed by atoms with Crippen LogP contribution in [0.25, 0.3) is 10.9 Å². The molecule has 0 radical (unpaired) electrons. The third-order valence-electron chi connectivity index (χ3n) is 7.90. The van der Waals surface area contributed by atoms with Gasteiger partial charge in [-0.3, -0.25) is 19.0 Å². The molecule has 47 heavy (non-hydrogen) atoms. The number of rotatable bonds is 14. The Morgan fingerprint density at radius 1 is 0.936 bits per heavy atom. The van der Waals surface area contributed by atoms with Crippen molar-refractivity contribution in [2.75, 3.05) is 26.0 Å². The van der Waals surface area contributed by atoms with Crippen LogP contribution < -0.4 is 39.9 Å². The number of hydrogen-bond donors (Lipinski definition) is 2. The fraction of sp³-hybridized carbons (Fsp3) is 0.353. The van der Waals surface area contributed by atoms with Crippen molar-refractivity contribution in [2.24, 2.45) is 0 Å². The number of carbonyl (C=O) groups is 2. The lowest BCUT2D eigenvalue weighted by atomic mass is 10.1. The average molecular weight is 661 g/mol. The lowest BCUT2D eigenvalue weighted by Crippen LogP contribution is -2.28. The zero-order valence-corrected chi connectivity index (χ0v) is 27.0. The van der Waals surface area contributed by atoms with Crippen molar-refractivity contribution in [3.8, 4) is 28.7 Å². The molecule has 0 aliphatic carbocycles. The zero-order valence-electron chi connectivity index (χ0n) is 26.2. The predicted octanol–water partition coefficient (Wildman–Crippen LogP) is 5.25. The van der Waals surface area contributed by atoms with E-state index in [4.69, 9.17) is 28.7 Å². The van der Waals surface area contributed by atoms with Crippen LogP contribution in [0.15, 0.2) is 64.5 Å². The number of thioether (sulfide) groups is 1. The van der Waals surface area contributed by atoms with E-state index in [0.717, 1.165) is 17.7 Å². The maximum Gasteiger partial charge on any atom is 0.262 e. The number of benzene rings is 3. The van der Waals surface area contributed by atoms with Gasteiger partial charge in [0.05, 0.1) is 23.3 Å². The third kappa shape index (κ3) is 7.57. The van der Waals surface area contributed by atoms with Crippen LogP contribution in [0, 0.1) is 0 Å². The fourth-order valence-electron chi connectivity index (χ4n) is 5.29. The van der Waals surface area contributed by atoms with Gasteiger partial charge in [-0.25, -0.2) is 4.98 Å². The molecule has 3 aromatic carbocycles. The van der Waals surface area contributed by atoms with Crippen molar-refractivity contribution in [3.63, 3.8) is 0 Å². The van der Waals surface area contributed by atoms with Crippen molar-refractivity contribution in [2.45, 2.75) is 62.5 Å². The minimum absolute atomic E-state index is 0.0306. The Bertz CT molecular complexity index is 1830. The van der Waals surface area contributed by atoms with Crippen LogP contribution in [0.5, 0.6) is 28.7 Å². The Kier molecular flexibility index (Phi) is 10.0. The van der Waals surface area contributed by atoms with Crippen LogP contribution in [0.2, 0.25) is 0 Å². The number of amides is 2. The van der Waals surface area contributed by atoms with Crippen molar-refractivity contribution < 1.29 is 33.3 Å². The molecule has 1 atom stereocenters. The van der Waals surface area contributed by atoms with E-state index in [9.17, 15) is 14.4 Å². The monoisotopic (exact) mass is 660 g/mol. The fourth-order valence-corrected chi connectivity index (χ4v) is 6.33. The summed E-state index contributed by atoms with van der Waals surface area (Å²) in [7, 11) is 1.61. The summed E-state index contributed by atoms with van der Waals surface area (Å²) in [4.78, 5) is 44.5. The molecule has 4 aromatic rings. The Hall–Kier alpha value is -4.91. The number of ether oxygens (including phenoxy) is 5. The quantitative estimate of drug-likeness (QED) is 0.105. The van der Waals surface area contributed by atoms with Gasteiger partial charge in [0.1, 0.15) is 5.75 Å². The van der Waals surface area contributed by atoms with Gasteiger partial charge < -0.3 is 34.3 Å². The van der Waals surface area contributed by atoms with Gasteiger partial charge in [-0.1, -0.05) is 37.2 Å². The van der Waals surface area contributed by atoms with Crippen LogP contribution in [0.4, 0.5) is 5.69 Å². The molecule has 6 rings (SSSR count). The van der Waals surface area contributed by atoms with Gasteiger partial charge >= 0.3 is 0 Å². The summed E-state index contributed by atoms with van der Waals surface area (Å²) in [6.45, 7) is 2.96. The molecule has 2 aliphatic heterocycles. The Morgan fingerprint density at radius 2 is 1.66 bits per heavy atom. The Labute approximate surface area is 275 Å². The van der Waals surface area contributed by atoms with Gasteiger partial charge in [0.15, 0.2) is 28.2 Å². The summed E-state index contributed by atoms with van der Waals surface area (Å²) in [6, 6.07) is 16.2. The van der Waals surface area contributed by atoms with E-state index in [1.165, 1.54) is 11.8 Å². The summed E-state index contributed by atoms with van der Waals surface area (Å²) in [5.74, 6) is 2.74. The van der Waals surface area contributed by atoms with E-state index in [2.05, 4.69) is 10.6 Å². The molecule has 0 saturated heterocycles. The summed E-state index contributed by atoms with van der Waals surface area (Å²) >= 11 is 1.25. The molecule has 0 saturated carbocycles. The molecule has 246 valence electrons. The van der Waals surface area contributed by atoms with Crippen molar-refractivity contribution in [3.05, 3.63) is 70.5 Å². The van der Waals surface area contributed by atoms with E-state index in [1.807, 2.05) is 31.2 Å². The number of carbonyl (C=O) groups excluding carboxylic acids is 2. The summed E-state index contributed by atoms with van der Waals surface area (Å²) in [6.07, 6.45) is 2.93. The van der Waals surface area contributed by atoms with E-state index >= 15 is 0 Å². The van der Waals surface area contributed by atoms with Gasteiger partial charge in [0, 0.05) is 37.3 Å². The Morgan fingerprint density at radius 3 is 2.40 bits per heavy atom. The lowest BCUT2D eigenvalue weighted by Gasteiger charge is -2.18. The maximum absolute atomic E-state index is 13.8. The smallest absolute Gasteiger partial charge is 0.262 e. The standard InChI is InChI=1S/C34H36N4O8S/c1-3-30(32(40)36-22-10-13-26-27(15-22)44-19-43-26)47-34-37-25-17-29-28(45-20-46-29)16-24(25)33(41)38(34)14-6-4-5-7-31(39)35-18-21-8-11-23(42-2)12-9-21/h8-13,15-17,30H,3-7,14,18-20H2,1-2H3,(H,35,39)(H,36,40)/t30-/m0/s1. The zero-order chi connectivity index (χ0) is 32.8. The number of aromatic nitrogens is 2. The van der Waals surface area contributed by atoms with Crippen molar-refractivity contribution in [1.82, 2.24) is 14.9 Å². The van der Waals surface area contributed by atoms with E-state index in [-0.39, 0.29) is 31.0 Å². The summed E-state index contributed by atoms with van der Waals surface area (Å²) in [5, 5.41) is 6.22. The van der Waals surface area contributed by atoms with Crippen LogP contribution in [0.3, 0.4) is 0 Å². The molecular formula is C34H36N4O8S. The average Bonchev–Trinajstić information content (AvgIpc) is 3.75. The lowest BCUT2D eigenvalue weighted by molar-refractivity contribution is -0.121. The first kappa shape index (κ1) is 32.0. The number of nitrogens with one attached hydrogen (secondary N) is 2. The number of nitrogens with zero attached hydrogens (tertiary/aromatic N) is 2. The predicted molar refractivity (Wildman–Crippen MR) is 177 cm³/mol. The highest BCUT2D eigenvalue weighted by molar-refractivity contribution is 8.00. The molecule has 0 spiro atoms. The minimum atomic E-state index is -0.528. The first-order valence-electron chi connectivity index (χ1n) is 15.5. The molecule has 2 amide bonds. The van der Waals surface area contributed by atoms with Crippen molar-refractivity contribution >= 4 is 40.2 Å². The number of methoxy groups -OCH3 is 1. The SMILES string of the molecule is CC[C@H](Sc1nc2cc3c(cc2c(=O)n1CCCCCC(=O)NCc1ccc(OC)cc1)OCO3)C(=O)Nc1ccc2c(c1)OCO2. The highest BCUT2D eigenvalue weighted by Gasteiger charge is 2.25. The molecule has 12 nitrogen and oxygen atoms in total. The van der Waals surface area contributed by atoms with Crippen LogP contribution in [-0.2, 0) is 22.7 Å². The molecule has 0 bridgehead atoms. The first-order valence-corrected chi connectivity index (χ1v) is 16.4. The van der Waals surface area contributed by atoms with Gasteiger partial charge in [0.25, 0.3) is 5.56 Å². The number of anilines is 1. The van der Waals surface area contributed by atoms with Gasteiger partial charge in [-0.05, 0) is 55.2 Å². The molecular weight excluding hydrogens is 624 g/mol. The number of fused-ring (bicyclic) bond motifs is 3. The molecule has 3 heterocycles. The largest absolute Gasteiger partial charge is 0.497 e. The summed E-state index contributed by atoms with van der Waals surface area (Å²) in [5.41, 5.74) is 1.82. The first-order chi connectivity index (χ1) is 22.9. The number of unbranched alkanes of at least 4 members (excludes halogenated alkanes) is 2. The second kappa shape index (κ2) is 14.7. The normalized spacial score (nSPS) is 13.4. The van der Waals surface area contributed by atoms with Gasteiger partial charge in [-0.15, -0.1) is 0 Å². The van der Waals surface area contributed by atoms with Crippen molar-refractivity contribution in [1.29, 1.82) is 0 Å². The highest BCUT2D eigenvalue weighted by Crippen LogP contribution is 2.37. The molecule has 1 aromatic heterocycles.